The lowest BCUT2D eigenvalue weighted by Crippen LogP contribution is -2.48. The Balaban J connectivity index is 2.31. The fourth-order valence-electron chi connectivity index (χ4n) is 2.84. The van der Waals surface area contributed by atoms with Crippen LogP contribution in [0.1, 0.15) is 36.2 Å². The highest BCUT2D eigenvalue weighted by Gasteiger charge is 2.45. The summed E-state index contributed by atoms with van der Waals surface area (Å²) in [7, 11) is 0. The van der Waals surface area contributed by atoms with Gasteiger partial charge in [0.15, 0.2) is 5.78 Å². The zero-order valence-corrected chi connectivity index (χ0v) is 9.41. The van der Waals surface area contributed by atoms with E-state index in [4.69, 9.17) is 0 Å². The quantitative estimate of drug-likeness (QED) is 0.620. The van der Waals surface area contributed by atoms with Gasteiger partial charge >= 0.3 is 0 Å². The minimum atomic E-state index is -0.198. The van der Waals surface area contributed by atoms with E-state index in [-0.39, 0.29) is 23.7 Å². The number of hydrogen-bond acceptors (Lipinski definition) is 2. The van der Waals surface area contributed by atoms with Crippen LogP contribution in [0.25, 0.3) is 0 Å². The zero-order chi connectivity index (χ0) is 11.5. The number of hydrogen-bond donors (Lipinski definition) is 0. The summed E-state index contributed by atoms with van der Waals surface area (Å²) in [6, 6.07) is 5.73. The third-order valence-electron chi connectivity index (χ3n) is 3.43. The maximum atomic E-state index is 12.0. The Morgan fingerprint density at radius 1 is 1.25 bits per heavy atom. The van der Waals surface area contributed by atoms with E-state index in [0.717, 1.165) is 17.7 Å². The fourth-order valence-corrected chi connectivity index (χ4v) is 2.84. The second-order valence-electron chi connectivity index (χ2n) is 5.13. The first kappa shape index (κ1) is 9.58. The van der Waals surface area contributed by atoms with Gasteiger partial charge in [-0.2, -0.15) is 0 Å². The van der Waals surface area contributed by atoms with Crippen LogP contribution in [-0.2, 0) is 11.2 Å². The summed E-state index contributed by atoms with van der Waals surface area (Å²) in [6.45, 7) is 4.09. The van der Waals surface area contributed by atoms with Crippen LogP contribution < -0.4 is 4.90 Å². The first-order valence-corrected chi connectivity index (χ1v) is 5.49. The SMILES string of the molecule is CC1(C)Cc2cccc3c2N1C(=O)CC3=O. The molecule has 0 spiro atoms. The van der Waals surface area contributed by atoms with Crippen molar-refractivity contribution in [3.05, 3.63) is 29.3 Å². The summed E-state index contributed by atoms with van der Waals surface area (Å²) < 4.78 is 0. The van der Waals surface area contributed by atoms with Crippen LogP contribution in [0.15, 0.2) is 18.2 Å². The van der Waals surface area contributed by atoms with E-state index in [1.165, 1.54) is 0 Å². The average Bonchev–Trinajstić information content (AvgIpc) is 2.45. The van der Waals surface area contributed by atoms with Crippen molar-refractivity contribution in [2.75, 3.05) is 4.90 Å². The minimum Gasteiger partial charge on any atom is -0.305 e. The van der Waals surface area contributed by atoms with Crippen LogP contribution >= 0.6 is 0 Å². The van der Waals surface area contributed by atoms with Gasteiger partial charge in [-0.05, 0) is 31.9 Å². The molecule has 1 amide bonds. The molecule has 3 nitrogen and oxygen atoms in total. The molecule has 0 fully saturated rings. The molecular formula is C13H13NO2. The molecule has 0 aliphatic carbocycles. The third-order valence-corrected chi connectivity index (χ3v) is 3.43. The molecule has 2 aliphatic rings. The zero-order valence-electron chi connectivity index (χ0n) is 9.41. The summed E-state index contributed by atoms with van der Waals surface area (Å²) in [5, 5.41) is 0. The number of amides is 1. The molecule has 0 bridgehead atoms. The highest BCUT2D eigenvalue weighted by atomic mass is 16.2. The van der Waals surface area contributed by atoms with Gasteiger partial charge in [-0.25, -0.2) is 0 Å². The van der Waals surface area contributed by atoms with E-state index in [1.807, 2.05) is 32.0 Å². The predicted octanol–water partition coefficient (Wildman–Crippen LogP) is 1.94. The average molecular weight is 215 g/mol. The van der Waals surface area contributed by atoms with Gasteiger partial charge in [0.2, 0.25) is 5.91 Å². The minimum absolute atomic E-state index is 0.0138. The van der Waals surface area contributed by atoms with Crippen LogP contribution in [-0.4, -0.2) is 17.2 Å². The molecule has 2 heterocycles. The second kappa shape index (κ2) is 2.73. The summed E-state index contributed by atoms with van der Waals surface area (Å²) >= 11 is 0. The van der Waals surface area contributed by atoms with Crippen molar-refractivity contribution in [1.82, 2.24) is 0 Å². The maximum absolute atomic E-state index is 12.0. The van der Waals surface area contributed by atoms with Gasteiger partial charge in [-0.3, -0.25) is 9.59 Å². The largest absolute Gasteiger partial charge is 0.305 e. The van der Waals surface area contributed by atoms with Crippen molar-refractivity contribution >= 4 is 17.4 Å². The van der Waals surface area contributed by atoms with Gasteiger partial charge in [0.1, 0.15) is 0 Å². The molecule has 0 saturated heterocycles. The third kappa shape index (κ3) is 1.03. The highest BCUT2D eigenvalue weighted by Crippen LogP contribution is 2.43. The molecule has 3 rings (SSSR count). The van der Waals surface area contributed by atoms with E-state index in [1.54, 1.807) is 4.90 Å². The molecule has 0 atom stereocenters. The van der Waals surface area contributed by atoms with Crippen molar-refractivity contribution in [1.29, 1.82) is 0 Å². The topological polar surface area (TPSA) is 37.4 Å². The number of benzene rings is 1. The highest BCUT2D eigenvalue weighted by molar-refractivity contribution is 6.21. The number of ketones is 1. The number of carbonyl (C=O) groups is 2. The first-order chi connectivity index (χ1) is 7.50. The van der Waals surface area contributed by atoms with Crippen LogP contribution in [0.3, 0.4) is 0 Å². The Bertz CT molecular complexity index is 517. The lowest BCUT2D eigenvalue weighted by atomic mass is 9.99. The molecule has 0 aromatic heterocycles. The molecule has 3 heteroatoms. The molecular weight excluding hydrogens is 202 g/mol. The number of nitrogens with zero attached hydrogens (tertiary/aromatic N) is 1. The van der Waals surface area contributed by atoms with Crippen LogP contribution in [0, 0.1) is 0 Å². The van der Waals surface area contributed by atoms with Gasteiger partial charge < -0.3 is 4.90 Å². The van der Waals surface area contributed by atoms with Gasteiger partial charge in [0.05, 0.1) is 12.1 Å². The molecule has 0 N–H and O–H groups in total. The lowest BCUT2D eigenvalue weighted by Gasteiger charge is -2.35. The summed E-state index contributed by atoms with van der Waals surface area (Å²) in [4.78, 5) is 25.5. The number of rotatable bonds is 0. The van der Waals surface area contributed by atoms with E-state index in [2.05, 4.69) is 0 Å². The Hall–Kier alpha value is -1.64. The van der Waals surface area contributed by atoms with Gasteiger partial charge in [0, 0.05) is 11.1 Å². The van der Waals surface area contributed by atoms with Crippen LogP contribution in [0.4, 0.5) is 5.69 Å². The molecule has 1 aromatic carbocycles. The molecule has 82 valence electrons. The first-order valence-electron chi connectivity index (χ1n) is 5.49. The fraction of sp³-hybridized carbons (Fsp3) is 0.385. The van der Waals surface area contributed by atoms with E-state index >= 15 is 0 Å². The van der Waals surface area contributed by atoms with Crippen molar-refractivity contribution in [2.24, 2.45) is 0 Å². The molecule has 0 radical (unpaired) electrons. The summed E-state index contributed by atoms with van der Waals surface area (Å²) in [5.41, 5.74) is 2.48. The van der Waals surface area contributed by atoms with Gasteiger partial charge in [0.25, 0.3) is 0 Å². The van der Waals surface area contributed by atoms with E-state index in [9.17, 15) is 9.59 Å². The van der Waals surface area contributed by atoms with Crippen molar-refractivity contribution < 1.29 is 9.59 Å². The second-order valence-corrected chi connectivity index (χ2v) is 5.13. The van der Waals surface area contributed by atoms with Crippen LogP contribution in [0.5, 0.6) is 0 Å². The molecule has 2 aliphatic heterocycles. The van der Waals surface area contributed by atoms with Gasteiger partial charge in [-0.15, -0.1) is 0 Å². The number of carbonyl (C=O) groups excluding carboxylic acids is 2. The van der Waals surface area contributed by atoms with E-state index in [0.29, 0.717) is 5.56 Å². The molecule has 16 heavy (non-hydrogen) atoms. The lowest BCUT2D eigenvalue weighted by molar-refractivity contribution is -0.118. The maximum Gasteiger partial charge on any atom is 0.235 e. The Morgan fingerprint density at radius 3 is 2.75 bits per heavy atom. The smallest absolute Gasteiger partial charge is 0.235 e. The van der Waals surface area contributed by atoms with Gasteiger partial charge in [-0.1, -0.05) is 12.1 Å². The summed E-state index contributed by atoms with van der Waals surface area (Å²) in [5.74, 6) is -0.108. The predicted molar refractivity (Wildman–Crippen MR) is 60.7 cm³/mol. The monoisotopic (exact) mass is 215 g/mol. The van der Waals surface area contributed by atoms with Crippen molar-refractivity contribution in [3.8, 4) is 0 Å². The van der Waals surface area contributed by atoms with Crippen molar-refractivity contribution in [3.63, 3.8) is 0 Å². The molecule has 0 saturated carbocycles. The van der Waals surface area contributed by atoms with Crippen LogP contribution in [0.2, 0.25) is 0 Å². The summed E-state index contributed by atoms with van der Waals surface area (Å²) in [6.07, 6.45) is 0.842. The molecule has 0 unspecified atom stereocenters. The Labute approximate surface area is 94.1 Å². The number of anilines is 1. The number of Topliss-reactive ketones (excluding diaryl/α,β-unsaturated/α-hetero) is 1. The normalized spacial score (nSPS) is 21.2. The Morgan fingerprint density at radius 2 is 2.00 bits per heavy atom. The standard InChI is InChI=1S/C13H13NO2/c1-13(2)7-8-4-3-5-9-10(15)6-11(16)14(13)12(8)9/h3-5H,6-7H2,1-2H3. The van der Waals surface area contributed by atoms with E-state index < -0.39 is 0 Å². The molecule has 1 aromatic rings. The Kier molecular flexibility index (Phi) is 1.63. The van der Waals surface area contributed by atoms with Crippen molar-refractivity contribution in [2.45, 2.75) is 32.2 Å². The number of para-hydroxylation sites is 1.